The fourth-order valence-electron chi connectivity index (χ4n) is 1.94. The summed E-state index contributed by atoms with van der Waals surface area (Å²) in [4.78, 5) is 8.61. The summed E-state index contributed by atoms with van der Waals surface area (Å²) < 4.78 is 0. The Bertz CT molecular complexity index is 645. The molecule has 0 aliphatic carbocycles. The van der Waals surface area contributed by atoms with Gasteiger partial charge in [0.15, 0.2) is 0 Å². The molecule has 1 aromatic heterocycles. The summed E-state index contributed by atoms with van der Waals surface area (Å²) >= 11 is 0. The van der Waals surface area contributed by atoms with Crippen LogP contribution in [0.1, 0.15) is 5.69 Å². The van der Waals surface area contributed by atoms with Crippen molar-refractivity contribution >= 4 is 16.6 Å². The van der Waals surface area contributed by atoms with Gasteiger partial charge in [-0.25, -0.2) is 9.97 Å². The maximum absolute atomic E-state index is 4.35. The summed E-state index contributed by atoms with van der Waals surface area (Å²) in [6.45, 7) is 0.701. The summed E-state index contributed by atoms with van der Waals surface area (Å²) in [5.41, 5.74) is 3.10. The van der Waals surface area contributed by atoms with Gasteiger partial charge in [0.25, 0.3) is 0 Å². The number of anilines is 1. The number of benzene rings is 2. The Hall–Kier alpha value is -2.42. The van der Waals surface area contributed by atoms with Gasteiger partial charge in [-0.05, 0) is 18.2 Å². The van der Waals surface area contributed by atoms with Gasteiger partial charge < -0.3 is 5.32 Å². The Morgan fingerprint density at radius 1 is 0.833 bits per heavy atom. The lowest BCUT2D eigenvalue weighted by atomic mass is 10.2. The standard InChI is InChI=1S/C15H13N3/c1-2-6-12(7-3-1)16-10-15-13-8-4-5-9-14(13)17-11-18-15/h1-9,11,16H,10H2. The second kappa shape index (κ2) is 4.84. The van der Waals surface area contributed by atoms with Gasteiger partial charge in [-0.1, -0.05) is 36.4 Å². The van der Waals surface area contributed by atoms with E-state index in [9.17, 15) is 0 Å². The Balaban J connectivity index is 1.87. The highest BCUT2D eigenvalue weighted by Gasteiger charge is 2.02. The first-order valence-corrected chi connectivity index (χ1v) is 5.91. The van der Waals surface area contributed by atoms with Crippen LogP contribution < -0.4 is 5.32 Å². The van der Waals surface area contributed by atoms with Crippen LogP contribution in [0.15, 0.2) is 60.9 Å². The molecule has 88 valence electrons. The van der Waals surface area contributed by atoms with Crippen molar-refractivity contribution in [2.45, 2.75) is 6.54 Å². The number of para-hydroxylation sites is 2. The first kappa shape index (κ1) is 10.7. The maximum atomic E-state index is 4.35. The second-order valence-corrected chi connectivity index (χ2v) is 4.06. The summed E-state index contributed by atoms with van der Waals surface area (Å²) in [7, 11) is 0. The zero-order valence-electron chi connectivity index (χ0n) is 9.88. The van der Waals surface area contributed by atoms with Crippen molar-refractivity contribution < 1.29 is 0 Å². The third-order valence-electron chi connectivity index (χ3n) is 2.86. The van der Waals surface area contributed by atoms with Gasteiger partial charge in [0.2, 0.25) is 0 Å². The Morgan fingerprint density at radius 3 is 2.50 bits per heavy atom. The molecule has 3 nitrogen and oxygen atoms in total. The van der Waals surface area contributed by atoms with E-state index in [-0.39, 0.29) is 0 Å². The van der Waals surface area contributed by atoms with Crippen LogP contribution in [-0.4, -0.2) is 9.97 Å². The Morgan fingerprint density at radius 2 is 1.61 bits per heavy atom. The van der Waals surface area contributed by atoms with E-state index in [4.69, 9.17) is 0 Å². The number of hydrogen-bond donors (Lipinski definition) is 1. The maximum Gasteiger partial charge on any atom is 0.116 e. The van der Waals surface area contributed by atoms with Crippen molar-refractivity contribution in [3.05, 3.63) is 66.6 Å². The van der Waals surface area contributed by atoms with E-state index < -0.39 is 0 Å². The first-order chi connectivity index (χ1) is 8.93. The SMILES string of the molecule is c1ccc(NCc2ncnc3ccccc23)cc1. The molecule has 0 saturated heterocycles. The molecule has 0 amide bonds. The topological polar surface area (TPSA) is 37.8 Å². The largest absolute Gasteiger partial charge is 0.379 e. The highest BCUT2D eigenvalue weighted by atomic mass is 14.9. The smallest absolute Gasteiger partial charge is 0.116 e. The second-order valence-electron chi connectivity index (χ2n) is 4.06. The van der Waals surface area contributed by atoms with Crippen LogP contribution >= 0.6 is 0 Å². The van der Waals surface area contributed by atoms with Crippen LogP contribution in [0, 0.1) is 0 Å². The van der Waals surface area contributed by atoms with E-state index in [0.717, 1.165) is 22.3 Å². The predicted octanol–water partition coefficient (Wildman–Crippen LogP) is 3.24. The molecule has 1 N–H and O–H groups in total. The Kier molecular flexibility index (Phi) is 2.88. The number of aromatic nitrogens is 2. The van der Waals surface area contributed by atoms with Gasteiger partial charge in [0, 0.05) is 11.1 Å². The van der Waals surface area contributed by atoms with Gasteiger partial charge in [-0.15, -0.1) is 0 Å². The minimum absolute atomic E-state index is 0.701. The van der Waals surface area contributed by atoms with Crippen LogP contribution in [0.3, 0.4) is 0 Å². The molecule has 3 rings (SSSR count). The quantitative estimate of drug-likeness (QED) is 0.757. The van der Waals surface area contributed by atoms with E-state index in [1.54, 1.807) is 6.33 Å². The molecule has 0 aliphatic rings. The van der Waals surface area contributed by atoms with Crippen LogP contribution in [0.2, 0.25) is 0 Å². The monoisotopic (exact) mass is 235 g/mol. The molecule has 1 heterocycles. The average molecular weight is 235 g/mol. The summed E-state index contributed by atoms with van der Waals surface area (Å²) in [5, 5.41) is 4.46. The number of hydrogen-bond acceptors (Lipinski definition) is 3. The lowest BCUT2D eigenvalue weighted by Crippen LogP contribution is -2.02. The molecular weight excluding hydrogens is 222 g/mol. The number of nitrogens with zero attached hydrogens (tertiary/aromatic N) is 2. The van der Waals surface area contributed by atoms with Gasteiger partial charge in [0.1, 0.15) is 6.33 Å². The third-order valence-corrected chi connectivity index (χ3v) is 2.86. The van der Waals surface area contributed by atoms with Gasteiger partial charge in [-0.2, -0.15) is 0 Å². The van der Waals surface area contributed by atoms with Crippen LogP contribution in [-0.2, 0) is 6.54 Å². The fourth-order valence-corrected chi connectivity index (χ4v) is 1.94. The lowest BCUT2D eigenvalue weighted by molar-refractivity contribution is 1.04. The normalized spacial score (nSPS) is 10.4. The van der Waals surface area contributed by atoms with E-state index in [2.05, 4.69) is 21.4 Å². The lowest BCUT2D eigenvalue weighted by Gasteiger charge is -2.07. The fraction of sp³-hybridized carbons (Fsp3) is 0.0667. The summed E-state index contributed by atoms with van der Waals surface area (Å²) in [5.74, 6) is 0. The molecule has 0 aliphatic heterocycles. The molecular formula is C15H13N3. The molecule has 18 heavy (non-hydrogen) atoms. The molecule has 3 aromatic rings. The van der Waals surface area contributed by atoms with E-state index in [1.165, 1.54) is 0 Å². The van der Waals surface area contributed by atoms with Crippen molar-refractivity contribution in [2.24, 2.45) is 0 Å². The van der Waals surface area contributed by atoms with E-state index in [0.29, 0.717) is 6.54 Å². The van der Waals surface area contributed by atoms with E-state index >= 15 is 0 Å². The summed E-state index contributed by atoms with van der Waals surface area (Å²) in [6.07, 6.45) is 1.62. The van der Waals surface area contributed by atoms with Gasteiger partial charge in [0.05, 0.1) is 17.8 Å². The molecule has 0 fully saturated rings. The average Bonchev–Trinajstić information content (AvgIpc) is 2.46. The predicted molar refractivity (Wildman–Crippen MR) is 73.3 cm³/mol. The molecule has 2 aromatic carbocycles. The molecule has 0 saturated carbocycles. The van der Waals surface area contributed by atoms with Crippen LogP contribution in [0.4, 0.5) is 5.69 Å². The minimum atomic E-state index is 0.701. The van der Waals surface area contributed by atoms with E-state index in [1.807, 2.05) is 48.5 Å². The molecule has 3 heteroatoms. The molecule has 0 unspecified atom stereocenters. The van der Waals surface area contributed by atoms with Gasteiger partial charge >= 0.3 is 0 Å². The van der Waals surface area contributed by atoms with Crippen molar-refractivity contribution in [3.8, 4) is 0 Å². The van der Waals surface area contributed by atoms with Crippen molar-refractivity contribution in [3.63, 3.8) is 0 Å². The number of nitrogens with one attached hydrogen (secondary N) is 1. The highest BCUT2D eigenvalue weighted by molar-refractivity contribution is 5.80. The first-order valence-electron chi connectivity index (χ1n) is 5.91. The number of fused-ring (bicyclic) bond motifs is 1. The molecule has 0 spiro atoms. The van der Waals surface area contributed by atoms with Crippen molar-refractivity contribution in [2.75, 3.05) is 5.32 Å². The molecule has 0 bridgehead atoms. The number of rotatable bonds is 3. The van der Waals surface area contributed by atoms with Gasteiger partial charge in [-0.3, -0.25) is 0 Å². The highest BCUT2D eigenvalue weighted by Crippen LogP contribution is 2.15. The van der Waals surface area contributed by atoms with Crippen molar-refractivity contribution in [1.29, 1.82) is 0 Å². The minimum Gasteiger partial charge on any atom is -0.379 e. The third kappa shape index (κ3) is 2.15. The molecule has 0 radical (unpaired) electrons. The zero-order chi connectivity index (χ0) is 12.2. The van der Waals surface area contributed by atoms with Crippen LogP contribution in [0.5, 0.6) is 0 Å². The Labute approximate surface area is 106 Å². The summed E-state index contributed by atoms with van der Waals surface area (Å²) in [6, 6.07) is 18.2. The zero-order valence-corrected chi connectivity index (χ0v) is 9.88. The molecule has 0 atom stereocenters. The van der Waals surface area contributed by atoms with Crippen molar-refractivity contribution in [1.82, 2.24) is 9.97 Å². The van der Waals surface area contributed by atoms with Crippen LogP contribution in [0.25, 0.3) is 10.9 Å².